The fourth-order valence-electron chi connectivity index (χ4n) is 1.27. The van der Waals surface area contributed by atoms with Gasteiger partial charge in [0.1, 0.15) is 0 Å². The summed E-state index contributed by atoms with van der Waals surface area (Å²) in [4.78, 5) is 10.8. The molecule has 0 radical (unpaired) electrons. The number of rotatable bonds is 5. The Bertz CT molecular complexity index is 350. The molecule has 15 heavy (non-hydrogen) atoms. The van der Waals surface area contributed by atoms with Gasteiger partial charge < -0.3 is 9.84 Å². The van der Waals surface area contributed by atoms with Crippen LogP contribution in [-0.2, 0) is 16.7 Å². The maximum absolute atomic E-state index is 10.8. The Morgan fingerprint density at radius 3 is 2.60 bits per heavy atom. The van der Waals surface area contributed by atoms with Crippen molar-refractivity contribution in [2.24, 2.45) is 0 Å². The van der Waals surface area contributed by atoms with E-state index in [9.17, 15) is 4.79 Å². The summed E-state index contributed by atoms with van der Waals surface area (Å²) in [7, 11) is 0. The van der Waals surface area contributed by atoms with Gasteiger partial charge in [0.2, 0.25) is 0 Å². The van der Waals surface area contributed by atoms with Gasteiger partial charge in [0.05, 0.1) is 12.2 Å². The monoisotopic (exact) mass is 272 g/mol. The fraction of sp³-hybridized carbons (Fsp3) is 0.364. The summed E-state index contributed by atoms with van der Waals surface area (Å²) in [5.74, 6) is -0.907. The molecule has 0 aromatic heterocycles. The van der Waals surface area contributed by atoms with Gasteiger partial charge in [-0.1, -0.05) is 22.0 Å². The maximum Gasteiger partial charge on any atom is 0.335 e. The van der Waals surface area contributed by atoms with Crippen LogP contribution in [0.4, 0.5) is 0 Å². The SMILES string of the molecule is CCOCc1cc(CBr)cc(C(=O)O)c1. The molecule has 0 bridgehead atoms. The highest BCUT2D eigenvalue weighted by Gasteiger charge is 2.06. The molecule has 0 saturated carbocycles. The van der Waals surface area contributed by atoms with E-state index in [1.807, 2.05) is 13.0 Å². The van der Waals surface area contributed by atoms with Crippen LogP contribution in [0.2, 0.25) is 0 Å². The standard InChI is InChI=1S/C11H13BrO3/c1-2-15-7-9-3-8(6-12)4-10(5-9)11(13)14/h3-5H,2,6-7H2,1H3,(H,13,14). The molecule has 1 N–H and O–H groups in total. The molecular formula is C11H13BrO3. The Morgan fingerprint density at radius 2 is 2.07 bits per heavy atom. The minimum absolute atomic E-state index is 0.307. The topological polar surface area (TPSA) is 46.5 Å². The first-order valence-corrected chi connectivity index (χ1v) is 5.79. The number of hydrogen-bond acceptors (Lipinski definition) is 2. The zero-order chi connectivity index (χ0) is 11.3. The van der Waals surface area contributed by atoms with E-state index in [2.05, 4.69) is 15.9 Å². The number of benzene rings is 1. The fourth-order valence-corrected chi connectivity index (χ4v) is 1.59. The van der Waals surface area contributed by atoms with Gasteiger partial charge in [0.25, 0.3) is 0 Å². The van der Waals surface area contributed by atoms with Crippen LogP contribution in [-0.4, -0.2) is 17.7 Å². The van der Waals surface area contributed by atoms with Crippen LogP contribution >= 0.6 is 15.9 Å². The van der Waals surface area contributed by atoms with Gasteiger partial charge in [-0.2, -0.15) is 0 Å². The molecule has 4 heteroatoms. The average Bonchev–Trinajstić information content (AvgIpc) is 2.25. The number of carboxylic acids is 1. The zero-order valence-electron chi connectivity index (χ0n) is 8.50. The van der Waals surface area contributed by atoms with Crippen LogP contribution in [0.5, 0.6) is 0 Å². The molecule has 0 atom stereocenters. The molecule has 1 aromatic carbocycles. The highest BCUT2D eigenvalue weighted by atomic mass is 79.9. The maximum atomic E-state index is 10.8. The summed E-state index contributed by atoms with van der Waals surface area (Å²) in [5.41, 5.74) is 2.15. The first-order chi connectivity index (χ1) is 7.17. The third-order valence-corrected chi connectivity index (χ3v) is 2.57. The minimum Gasteiger partial charge on any atom is -0.478 e. The van der Waals surface area contributed by atoms with Crippen molar-refractivity contribution in [1.82, 2.24) is 0 Å². The molecule has 0 unspecified atom stereocenters. The smallest absolute Gasteiger partial charge is 0.335 e. The average molecular weight is 273 g/mol. The number of ether oxygens (including phenoxy) is 1. The summed E-state index contributed by atoms with van der Waals surface area (Å²) in [6.07, 6.45) is 0. The van der Waals surface area contributed by atoms with Crippen molar-refractivity contribution in [2.75, 3.05) is 6.61 Å². The summed E-state index contributed by atoms with van der Waals surface area (Å²) in [6.45, 7) is 2.99. The van der Waals surface area contributed by atoms with Gasteiger partial charge in [-0.25, -0.2) is 4.79 Å². The van der Waals surface area contributed by atoms with E-state index in [0.29, 0.717) is 24.1 Å². The Hall–Kier alpha value is -0.870. The Balaban J connectivity index is 2.95. The highest BCUT2D eigenvalue weighted by molar-refractivity contribution is 9.08. The molecular weight excluding hydrogens is 260 g/mol. The van der Waals surface area contributed by atoms with Crippen molar-refractivity contribution < 1.29 is 14.6 Å². The number of alkyl halides is 1. The molecule has 0 saturated heterocycles. The molecule has 0 spiro atoms. The second kappa shape index (κ2) is 5.88. The second-order valence-electron chi connectivity index (χ2n) is 3.11. The van der Waals surface area contributed by atoms with E-state index in [-0.39, 0.29) is 0 Å². The van der Waals surface area contributed by atoms with Crippen molar-refractivity contribution >= 4 is 21.9 Å². The van der Waals surface area contributed by atoms with Crippen LogP contribution in [0.1, 0.15) is 28.4 Å². The zero-order valence-corrected chi connectivity index (χ0v) is 10.1. The van der Waals surface area contributed by atoms with Crippen molar-refractivity contribution in [1.29, 1.82) is 0 Å². The molecule has 3 nitrogen and oxygen atoms in total. The van der Waals surface area contributed by atoms with E-state index in [4.69, 9.17) is 9.84 Å². The minimum atomic E-state index is -0.907. The third-order valence-electron chi connectivity index (χ3n) is 1.93. The molecule has 1 rings (SSSR count). The Kier molecular flexibility index (Phi) is 4.78. The van der Waals surface area contributed by atoms with Crippen LogP contribution in [0.3, 0.4) is 0 Å². The van der Waals surface area contributed by atoms with Gasteiger partial charge in [-0.3, -0.25) is 0 Å². The first-order valence-electron chi connectivity index (χ1n) is 4.67. The molecule has 82 valence electrons. The lowest BCUT2D eigenvalue weighted by atomic mass is 10.1. The van der Waals surface area contributed by atoms with Crippen LogP contribution in [0, 0.1) is 0 Å². The molecule has 0 heterocycles. The molecule has 0 amide bonds. The lowest BCUT2D eigenvalue weighted by molar-refractivity contribution is 0.0696. The Morgan fingerprint density at radius 1 is 1.40 bits per heavy atom. The van der Waals surface area contributed by atoms with E-state index in [1.165, 1.54) is 0 Å². The van der Waals surface area contributed by atoms with Gasteiger partial charge in [-0.05, 0) is 30.2 Å². The van der Waals surface area contributed by atoms with E-state index >= 15 is 0 Å². The molecule has 0 aliphatic carbocycles. The van der Waals surface area contributed by atoms with Gasteiger partial charge in [0.15, 0.2) is 0 Å². The highest BCUT2D eigenvalue weighted by Crippen LogP contribution is 2.14. The number of aromatic carboxylic acids is 1. The summed E-state index contributed by atoms with van der Waals surface area (Å²) < 4.78 is 5.25. The summed E-state index contributed by atoms with van der Waals surface area (Å²) in [5, 5.41) is 9.54. The van der Waals surface area contributed by atoms with Crippen molar-refractivity contribution in [3.63, 3.8) is 0 Å². The van der Waals surface area contributed by atoms with E-state index in [1.54, 1.807) is 12.1 Å². The molecule has 1 aromatic rings. The van der Waals surface area contributed by atoms with Gasteiger partial charge >= 0.3 is 5.97 Å². The van der Waals surface area contributed by atoms with Crippen LogP contribution < -0.4 is 0 Å². The molecule has 0 aliphatic rings. The lowest BCUT2D eigenvalue weighted by Gasteiger charge is -2.06. The van der Waals surface area contributed by atoms with Gasteiger partial charge in [-0.15, -0.1) is 0 Å². The predicted molar refractivity (Wildman–Crippen MR) is 61.4 cm³/mol. The lowest BCUT2D eigenvalue weighted by Crippen LogP contribution is -2.01. The van der Waals surface area contributed by atoms with Crippen molar-refractivity contribution in [2.45, 2.75) is 18.9 Å². The van der Waals surface area contributed by atoms with E-state index in [0.717, 1.165) is 11.1 Å². The third kappa shape index (κ3) is 3.64. The summed E-state index contributed by atoms with van der Waals surface area (Å²) >= 11 is 3.31. The van der Waals surface area contributed by atoms with Crippen molar-refractivity contribution in [3.05, 3.63) is 34.9 Å². The van der Waals surface area contributed by atoms with Crippen molar-refractivity contribution in [3.8, 4) is 0 Å². The van der Waals surface area contributed by atoms with E-state index < -0.39 is 5.97 Å². The quantitative estimate of drug-likeness (QED) is 0.839. The van der Waals surface area contributed by atoms with Gasteiger partial charge in [0, 0.05) is 11.9 Å². The number of carbonyl (C=O) groups is 1. The molecule has 0 fully saturated rings. The number of hydrogen-bond donors (Lipinski definition) is 1. The summed E-state index contributed by atoms with van der Waals surface area (Å²) in [6, 6.07) is 5.24. The number of carboxylic acid groups (broad SMARTS) is 1. The number of halogens is 1. The normalized spacial score (nSPS) is 10.3. The van der Waals surface area contributed by atoms with Crippen LogP contribution in [0.25, 0.3) is 0 Å². The first kappa shape index (κ1) is 12.2. The largest absolute Gasteiger partial charge is 0.478 e. The second-order valence-corrected chi connectivity index (χ2v) is 3.67. The van der Waals surface area contributed by atoms with Crippen LogP contribution in [0.15, 0.2) is 18.2 Å². The Labute approximate surface area is 97.2 Å². The molecule has 0 aliphatic heterocycles. The predicted octanol–water partition coefficient (Wildman–Crippen LogP) is 2.82.